The van der Waals surface area contributed by atoms with Crippen LogP contribution >= 0.6 is 0 Å². The van der Waals surface area contributed by atoms with E-state index in [0.29, 0.717) is 0 Å². The molecule has 0 aromatic heterocycles. The third-order valence-corrected chi connectivity index (χ3v) is 4.58. The Morgan fingerprint density at radius 1 is 0.576 bits per heavy atom. The lowest BCUT2D eigenvalue weighted by Crippen LogP contribution is -2.17. The summed E-state index contributed by atoms with van der Waals surface area (Å²) in [7, 11) is 0. The Kier molecular flexibility index (Phi) is 6.20. The van der Waals surface area contributed by atoms with Crippen molar-refractivity contribution in [3.63, 3.8) is 0 Å². The molecule has 3 aromatic carbocycles. The van der Waals surface area contributed by atoms with E-state index in [2.05, 4.69) is 0 Å². The Bertz CT molecular complexity index is 1290. The number of carboxylic acids is 3. The van der Waals surface area contributed by atoms with Gasteiger partial charge in [-0.15, -0.1) is 0 Å². The summed E-state index contributed by atoms with van der Waals surface area (Å²) < 4.78 is 4.83. The summed E-state index contributed by atoms with van der Waals surface area (Å²) in [5, 5.41) is 37.5. The molecule has 4 N–H and O–H groups in total. The van der Waals surface area contributed by atoms with Gasteiger partial charge in [-0.05, 0) is 54.1 Å². The Morgan fingerprint density at radius 2 is 1.12 bits per heavy atom. The molecule has 3 rings (SSSR count). The van der Waals surface area contributed by atoms with E-state index in [0.717, 1.165) is 36.4 Å². The minimum absolute atomic E-state index is 0.0820. The maximum Gasteiger partial charge on any atom is 0.346 e. The number of carbonyl (C=O) groups is 5. The number of rotatable bonds is 6. The van der Waals surface area contributed by atoms with Crippen LogP contribution in [-0.4, -0.2) is 50.3 Å². The van der Waals surface area contributed by atoms with Gasteiger partial charge in [0.2, 0.25) is 0 Å². The van der Waals surface area contributed by atoms with Crippen LogP contribution in [0.3, 0.4) is 0 Å². The summed E-state index contributed by atoms with van der Waals surface area (Å²) in [6.07, 6.45) is 0. The lowest BCUT2D eigenvalue weighted by atomic mass is 9.90. The van der Waals surface area contributed by atoms with Crippen molar-refractivity contribution in [2.45, 2.75) is 0 Å². The monoisotopic (exact) mass is 450 g/mol. The smallest absolute Gasteiger partial charge is 0.346 e. The Balaban J connectivity index is 2.08. The number of benzene rings is 3. The molecule has 0 saturated heterocycles. The molecule has 0 atom stereocenters. The lowest BCUT2D eigenvalue weighted by Gasteiger charge is -2.14. The maximum absolute atomic E-state index is 12.8. The van der Waals surface area contributed by atoms with Crippen LogP contribution in [0.2, 0.25) is 0 Å². The predicted octanol–water partition coefficient (Wildman–Crippen LogP) is 3.15. The fourth-order valence-corrected chi connectivity index (χ4v) is 3.05. The molecule has 0 saturated carbocycles. The van der Waals surface area contributed by atoms with Gasteiger partial charge in [-0.2, -0.15) is 0 Å². The predicted molar refractivity (Wildman–Crippen MR) is 111 cm³/mol. The minimum Gasteiger partial charge on any atom is -0.508 e. The molecule has 0 aliphatic rings. The first kappa shape index (κ1) is 22.7. The molecular weight excluding hydrogens is 436 g/mol. The van der Waals surface area contributed by atoms with Gasteiger partial charge in [0.05, 0.1) is 27.8 Å². The third-order valence-electron chi connectivity index (χ3n) is 4.58. The zero-order valence-electron chi connectivity index (χ0n) is 16.5. The normalized spacial score (nSPS) is 10.3. The molecule has 0 bridgehead atoms. The number of hydrogen-bond acceptors (Lipinski definition) is 7. The second kappa shape index (κ2) is 9.02. The van der Waals surface area contributed by atoms with E-state index in [1.807, 2.05) is 0 Å². The standard InChI is InChI=1S/C23H14O10/c24-14-7-5-11(6-8-14)17-16(10-9-15(20(27)28)18(17)21(29)30)23(32)33-22(31)13-3-1-12(2-4-13)19(25)26/h1-10,24H,(H,25,26)(H,27,28)(H,29,30). The topological polar surface area (TPSA) is 175 Å². The summed E-state index contributed by atoms with van der Waals surface area (Å²) in [4.78, 5) is 59.6. The highest BCUT2D eigenvalue weighted by atomic mass is 16.6. The lowest BCUT2D eigenvalue weighted by molar-refractivity contribution is 0.0396. The highest BCUT2D eigenvalue weighted by molar-refractivity contribution is 6.13. The SMILES string of the molecule is O=C(O)c1ccc(C(=O)OC(=O)c2ccc(C(=O)O)c(C(=O)O)c2-c2ccc(O)cc2)cc1. The molecule has 33 heavy (non-hydrogen) atoms. The molecular formula is C23H14O10. The molecule has 0 radical (unpaired) electrons. The van der Waals surface area contributed by atoms with E-state index in [-0.39, 0.29) is 28.0 Å². The zero-order valence-corrected chi connectivity index (χ0v) is 16.5. The number of carbonyl (C=O) groups excluding carboxylic acids is 2. The average molecular weight is 450 g/mol. The van der Waals surface area contributed by atoms with Crippen LogP contribution in [0.15, 0.2) is 60.7 Å². The third kappa shape index (κ3) is 4.69. The van der Waals surface area contributed by atoms with Crippen molar-refractivity contribution in [2.24, 2.45) is 0 Å². The van der Waals surface area contributed by atoms with Crippen LogP contribution in [0.4, 0.5) is 0 Å². The highest BCUT2D eigenvalue weighted by Gasteiger charge is 2.28. The average Bonchev–Trinajstić information content (AvgIpc) is 2.78. The Morgan fingerprint density at radius 3 is 1.64 bits per heavy atom. The maximum atomic E-state index is 12.8. The van der Waals surface area contributed by atoms with Crippen LogP contribution in [0.5, 0.6) is 5.75 Å². The van der Waals surface area contributed by atoms with Crippen LogP contribution in [-0.2, 0) is 4.74 Å². The number of aromatic carboxylic acids is 3. The van der Waals surface area contributed by atoms with Crippen molar-refractivity contribution in [2.75, 3.05) is 0 Å². The fourth-order valence-electron chi connectivity index (χ4n) is 3.05. The zero-order chi connectivity index (χ0) is 24.3. The number of ether oxygens (including phenoxy) is 1. The van der Waals surface area contributed by atoms with Gasteiger partial charge in [0.25, 0.3) is 0 Å². The summed E-state index contributed by atoms with van der Waals surface area (Å²) in [6, 6.07) is 11.4. The number of phenolic OH excluding ortho intramolecular Hbond substituents is 1. The Hall–Kier alpha value is -4.99. The van der Waals surface area contributed by atoms with Crippen molar-refractivity contribution >= 4 is 29.8 Å². The van der Waals surface area contributed by atoms with E-state index in [4.69, 9.17) is 9.84 Å². The first-order valence-corrected chi connectivity index (χ1v) is 9.13. The minimum atomic E-state index is -1.64. The van der Waals surface area contributed by atoms with Crippen LogP contribution in [0.1, 0.15) is 51.8 Å². The van der Waals surface area contributed by atoms with Gasteiger partial charge in [-0.1, -0.05) is 12.1 Å². The van der Waals surface area contributed by atoms with Crippen LogP contribution in [0, 0.1) is 0 Å². The fraction of sp³-hybridized carbons (Fsp3) is 0. The summed E-state index contributed by atoms with van der Waals surface area (Å²) in [6.45, 7) is 0. The van der Waals surface area contributed by atoms with Crippen molar-refractivity contribution in [1.29, 1.82) is 0 Å². The molecule has 0 spiro atoms. The first-order chi connectivity index (χ1) is 15.6. The number of carboxylic acid groups (broad SMARTS) is 3. The molecule has 0 amide bonds. The quantitative estimate of drug-likeness (QED) is 0.322. The van der Waals surface area contributed by atoms with Crippen molar-refractivity contribution in [3.8, 4) is 16.9 Å². The molecule has 0 fully saturated rings. The van der Waals surface area contributed by atoms with Crippen LogP contribution < -0.4 is 0 Å². The van der Waals surface area contributed by atoms with Gasteiger partial charge in [0, 0.05) is 5.56 Å². The molecule has 10 heteroatoms. The number of esters is 2. The number of hydrogen-bond donors (Lipinski definition) is 4. The molecule has 166 valence electrons. The van der Waals surface area contributed by atoms with Gasteiger partial charge in [0.1, 0.15) is 5.75 Å². The van der Waals surface area contributed by atoms with Gasteiger partial charge in [-0.3, -0.25) is 0 Å². The van der Waals surface area contributed by atoms with E-state index in [1.165, 1.54) is 24.3 Å². The van der Waals surface area contributed by atoms with E-state index < -0.39 is 46.5 Å². The van der Waals surface area contributed by atoms with Crippen LogP contribution in [0.25, 0.3) is 11.1 Å². The molecule has 0 heterocycles. The van der Waals surface area contributed by atoms with Crippen molar-refractivity contribution in [1.82, 2.24) is 0 Å². The molecule has 0 aliphatic heterocycles. The molecule has 0 aliphatic carbocycles. The molecule has 3 aromatic rings. The largest absolute Gasteiger partial charge is 0.508 e. The van der Waals surface area contributed by atoms with Gasteiger partial charge in [0.15, 0.2) is 0 Å². The second-order valence-corrected chi connectivity index (χ2v) is 6.63. The van der Waals surface area contributed by atoms with E-state index >= 15 is 0 Å². The molecule has 0 unspecified atom stereocenters. The van der Waals surface area contributed by atoms with Gasteiger partial charge >= 0.3 is 29.8 Å². The number of phenols is 1. The van der Waals surface area contributed by atoms with E-state index in [1.54, 1.807) is 0 Å². The summed E-state index contributed by atoms with van der Waals surface area (Å²) >= 11 is 0. The Labute approximate surface area is 184 Å². The number of aromatic hydroxyl groups is 1. The first-order valence-electron chi connectivity index (χ1n) is 9.13. The molecule has 10 nitrogen and oxygen atoms in total. The highest BCUT2D eigenvalue weighted by Crippen LogP contribution is 2.32. The van der Waals surface area contributed by atoms with Crippen molar-refractivity contribution in [3.05, 3.63) is 88.5 Å². The van der Waals surface area contributed by atoms with E-state index in [9.17, 15) is 39.3 Å². The summed E-state index contributed by atoms with van der Waals surface area (Å²) in [5.41, 5.74) is -2.18. The second-order valence-electron chi connectivity index (χ2n) is 6.63. The van der Waals surface area contributed by atoms with Gasteiger partial charge in [-0.25, -0.2) is 24.0 Å². The van der Waals surface area contributed by atoms with Crippen molar-refractivity contribution < 1.29 is 49.1 Å². The van der Waals surface area contributed by atoms with Gasteiger partial charge < -0.3 is 25.2 Å². The summed E-state index contributed by atoms with van der Waals surface area (Å²) in [5.74, 6) is -6.96.